The largest absolute Gasteiger partial charge is 0.467 e. The molecule has 146 valence electrons. The second kappa shape index (κ2) is 9.86. The van der Waals surface area contributed by atoms with Crippen LogP contribution in [0.4, 0.5) is 4.79 Å². The molecule has 0 aromatic heterocycles. The van der Waals surface area contributed by atoms with Crippen LogP contribution in [0, 0.1) is 0 Å². The first-order valence-corrected chi connectivity index (χ1v) is 8.55. The molecule has 0 aromatic carbocycles. The van der Waals surface area contributed by atoms with Gasteiger partial charge in [0.25, 0.3) is 0 Å². The van der Waals surface area contributed by atoms with Crippen molar-refractivity contribution < 1.29 is 28.6 Å². The van der Waals surface area contributed by atoms with Gasteiger partial charge >= 0.3 is 12.1 Å². The fourth-order valence-electron chi connectivity index (χ4n) is 1.56. The maximum absolute atomic E-state index is 12.3. The number of hydrogen-bond acceptors (Lipinski definition) is 7. The van der Waals surface area contributed by atoms with Crippen LogP contribution < -0.4 is 10.6 Å². The van der Waals surface area contributed by atoms with Crippen LogP contribution in [0.25, 0.3) is 0 Å². The van der Waals surface area contributed by atoms with Crippen LogP contribution in [-0.4, -0.2) is 60.7 Å². The van der Waals surface area contributed by atoms with Gasteiger partial charge < -0.3 is 24.8 Å². The van der Waals surface area contributed by atoms with E-state index in [9.17, 15) is 14.4 Å². The van der Waals surface area contributed by atoms with Gasteiger partial charge in [0, 0.05) is 5.75 Å². The number of rotatable bonds is 7. The van der Waals surface area contributed by atoms with Crippen molar-refractivity contribution in [2.45, 2.75) is 64.8 Å². The molecule has 0 radical (unpaired) electrons. The van der Waals surface area contributed by atoms with Gasteiger partial charge in [-0.2, -0.15) is 12.6 Å². The van der Waals surface area contributed by atoms with E-state index in [0.29, 0.717) is 0 Å². The number of hydrogen-bond donors (Lipinski definition) is 3. The molecule has 0 rings (SSSR count). The zero-order chi connectivity index (χ0) is 19.8. The number of thiol groups is 1. The van der Waals surface area contributed by atoms with Gasteiger partial charge in [-0.15, -0.1) is 0 Å². The molecule has 2 atom stereocenters. The molecule has 2 amide bonds. The van der Waals surface area contributed by atoms with Crippen molar-refractivity contribution in [3.8, 4) is 0 Å². The highest BCUT2D eigenvalue weighted by atomic mass is 32.1. The highest BCUT2D eigenvalue weighted by Gasteiger charge is 2.29. The first kappa shape index (κ1) is 23.5. The normalized spacial score (nSPS) is 14.2. The van der Waals surface area contributed by atoms with Gasteiger partial charge in [0.1, 0.15) is 11.6 Å². The minimum absolute atomic E-state index is 0.0269. The summed E-state index contributed by atoms with van der Waals surface area (Å²) >= 11 is 4.06. The third-order valence-corrected chi connectivity index (χ3v) is 3.04. The second-order valence-electron chi connectivity index (χ2n) is 7.39. The van der Waals surface area contributed by atoms with Crippen LogP contribution >= 0.6 is 12.6 Å². The zero-order valence-electron chi connectivity index (χ0n) is 16.0. The van der Waals surface area contributed by atoms with E-state index < -0.39 is 41.3 Å². The van der Waals surface area contributed by atoms with Gasteiger partial charge in [-0.05, 0) is 41.5 Å². The van der Waals surface area contributed by atoms with Crippen molar-refractivity contribution in [1.29, 1.82) is 0 Å². The Morgan fingerprint density at radius 2 is 1.52 bits per heavy atom. The lowest BCUT2D eigenvalue weighted by Crippen LogP contribution is -2.54. The summed E-state index contributed by atoms with van der Waals surface area (Å²) in [6.07, 6.45) is -0.748. The Balaban J connectivity index is 4.87. The molecule has 0 unspecified atom stereocenters. The number of carbonyl (C=O) groups is 3. The summed E-state index contributed by atoms with van der Waals surface area (Å²) in [4.78, 5) is 36.0. The van der Waals surface area contributed by atoms with E-state index in [2.05, 4.69) is 28.0 Å². The number of alkyl carbamates (subject to hydrolysis) is 1. The quantitative estimate of drug-likeness (QED) is 0.456. The summed E-state index contributed by atoms with van der Waals surface area (Å²) in [6.45, 7) is 10.5. The van der Waals surface area contributed by atoms with Gasteiger partial charge in [0.15, 0.2) is 6.04 Å². The van der Waals surface area contributed by atoms with E-state index in [1.165, 1.54) is 7.11 Å². The molecule has 0 aliphatic rings. The van der Waals surface area contributed by atoms with Crippen molar-refractivity contribution >= 4 is 30.6 Å². The molecule has 0 aliphatic heterocycles. The Morgan fingerprint density at radius 1 is 0.960 bits per heavy atom. The molecule has 0 fully saturated rings. The highest BCUT2D eigenvalue weighted by Crippen LogP contribution is 2.09. The van der Waals surface area contributed by atoms with Gasteiger partial charge in [-0.3, -0.25) is 4.79 Å². The maximum atomic E-state index is 12.3. The summed E-state index contributed by atoms with van der Waals surface area (Å²) in [5.41, 5.74) is -1.19. The molecular formula is C16H30N2O6S. The second-order valence-corrected chi connectivity index (χ2v) is 7.75. The molecule has 0 heterocycles. The molecule has 0 spiro atoms. The molecule has 9 heteroatoms. The van der Waals surface area contributed by atoms with Crippen molar-refractivity contribution in [2.24, 2.45) is 0 Å². The Morgan fingerprint density at radius 3 is 1.92 bits per heavy atom. The van der Waals surface area contributed by atoms with E-state index in [1.807, 2.05) is 20.8 Å². The first-order chi connectivity index (χ1) is 11.3. The lowest BCUT2D eigenvalue weighted by atomic mass is 10.2. The van der Waals surface area contributed by atoms with E-state index in [4.69, 9.17) is 9.47 Å². The molecule has 0 aliphatic carbocycles. The predicted molar refractivity (Wildman–Crippen MR) is 96.7 cm³/mol. The number of carbonyl (C=O) groups excluding carboxylic acids is 3. The molecule has 2 N–H and O–H groups in total. The lowest BCUT2D eigenvalue weighted by molar-refractivity contribution is -0.148. The van der Waals surface area contributed by atoms with Crippen molar-refractivity contribution in [3.05, 3.63) is 0 Å². The minimum atomic E-state index is -1.00. The van der Waals surface area contributed by atoms with E-state index in [1.54, 1.807) is 20.8 Å². The van der Waals surface area contributed by atoms with Gasteiger partial charge in [0.05, 0.1) is 19.3 Å². The third kappa shape index (κ3) is 10.9. The Labute approximate surface area is 154 Å². The zero-order valence-corrected chi connectivity index (χ0v) is 16.9. The molecule has 0 saturated heterocycles. The number of nitrogens with one attached hydrogen (secondary N) is 2. The molecular weight excluding hydrogens is 348 g/mol. The average Bonchev–Trinajstić information content (AvgIpc) is 2.45. The third-order valence-electron chi connectivity index (χ3n) is 2.68. The predicted octanol–water partition coefficient (Wildman–Crippen LogP) is 1.28. The van der Waals surface area contributed by atoms with Crippen LogP contribution in [-0.2, 0) is 23.8 Å². The first-order valence-electron chi connectivity index (χ1n) is 7.91. The van der Waals surface area contributed by atoms with Gasteiger partial charge in [-0.1, -0.05) is 0 Å². The topological polar surface area (TPSA) is 103 Å². The summed E-state index contributed by atoms with van der Waals surface area (Å²) in [6, 6.07) is -1.97. The Hall–Kier alpha value is -1.48. The number of methoxy groups -OCH3 is 1. The summed E-state index contributed by atoms with van der Waals surface area (Å²) in [7, 11) is 1.22. The summed E-state index contributed by atoms with van der Waals surface area (Å²) in [5.74, 6) is -1.21. The number of amides is 2. The monoisotopic (exact) mass is 378 g/mol. The van der Waals surface area contributed by atoms with Crippen molar-refractivity contribution in [3.63, 3.8) is 0 Å². The average molecular weight is 378 g/mol. The molecule has 0 bridgehead atoms. The lowest BCUT2D eigenvalue weighted by Gasteiger charge is -2.26. The molecule has 25 heavy (non-hydrogen) atoms. The van der Waals surface area contributed by atoms with Crippen molar-refractivity contribution in [1.82, 2.24) is 10.6 Å². The smallest absolute Gasteiger partial charge is 0.408 e. The van der Waals surface area contributed by atoms with Crippen LogP contribution in [0.1, 0.15) is 41.5 Å². The number of esters is 1. The van der Waals surface area contributed by atoms with Crippen molar-refractivity contribution in [2.75, 3.05) is 19.5 Å². The highest BCUT2D eigenvalue weighted by molar-refractivity contribution is 7.80. The van der Waals surface area contributed by atoms with Crippen LogP contribution in [0.15, 0.2) is 0 Å². The summed E-state index contributed by atoms with van der Waals surface area (Å²) in [5, 5.41) is 4.92. The Kier molecular flexibility index (Phi) is 9.28. The Bertz CT molecular complexity index is 470. The minimum Gasteiger partial charge on any atom is -0.467 e. The number of ether oxygens (including phenoxy) is 3. The SMILES string of the molecule is COC(=O)[C@H](COC(C)(C)C)NC(=O)[C@H](CS)NC(=O)OC(C)(C)C. The standard InChI is InChI=1S/C16H30N2O6S/c1-15(2,3)23-8-10(13(20)22-7)17-12(19)11(9-25)18-14(21)24-16(4,5)6/h10-11,25H,8-9H2,1-7H3,(H,17,19)(H,18,21)/t10-,11-/m0/s1. The van der Waals surface area contributed by atoms with Crippen LogP contribution in [0.5, 0.6) is 0 Å². The van der Waals surface area contributed by atoms with Gasteiger partial charge in [-0.25, -0.2) is 9.59 Å². The van der Waals surface area contributed by atoms with Crippen LogP contribution in [0.3, 0.4) is 0 Å². The fourth-order valence-corrected chi connectivity index (χ4v) is 1.82. The molecule has 8 nitrogen and oxygen atoms in total. The van der Waals surface area contributed by atoms with Crippen LogP contribution in [0.2, 0.25) is 0 Å². The van der Waals surface area contributed by atoms with E-state index >= 15 is 0 Å². The molecule has 0 aromatic rings. The fraction of sp³-hybridized carbons (Fsp3) is 0.812. The van der Waals surface area contributed by atoms with E-state index in [0.717, 1.165) is 0 Å². The van der Waals surface area contributed by atoms with E-state index in [-0.39, 0.29) is 12.4 Å². The maximum Gasteiger partial charge on any atom is 0.408 e. The molecule has 0 saturated carbocycles. The van der Waals surface area contributed by atoms with Gasteiger partial charge in [0.2, 0.25) is 5.91 Å². The summed E-state index contributed by atoms with van der Waals surface area (Å²) < 4.78 is 15.3.